The first-order valence-corrected chi connectivity index (χ1v) is 10.4. The van der Waals surface area contributed by atoms with E-state index in [-0.39, 0.29) is 17.0 Å². The first-order chi connectivity index (χ1) is 14.6. The molecule has 1 N–H and O–H groups in total. The van der Waals surface area contributed by atoms with Gasteiger partial charge < -0.3 is 19.4 Å². The van der Waals surface area contributed by atoms with E-state index >= 15 is 0 Å². The summed E-state index contributed by atoms with van der Waals surface area (Å²) in [6, 6.07) is 14.8. The Morgan fingerprint density at radius 3 is 2.43 bits per heavy atom. The highest BCUT2D eigenvalue weighted by Gasteiger charge is 2.20. The van der Waals surface area contributed by atoms with Crippen LogP contribution < -0.4 is 15.0 Å². The van der Waals surface area contributed by atoms with Crippen LogP contribution in [0.5, 0.6) is 11.5 Å². The van der Waals surface area contributed by atoms with E-state index in [4.69, 9.17) is 9.47 Å². The summed E-state index contributed by atoms with van der Waals surface area (Å²) in [6.45, 7) is 7.84. The number of fused-ring (bicyclic) bond motifs is 1. The lowest BCUT2D eigenvalue weighted by Crippen LogP contribution is -2.35. The molecule has 0 atom stereocenters. The third kappa shape index (κ3) is 4.82. The van der Waals surface area contributed by atoms with Crippen molar-refractivity contribution in [3.05, 3.63) is 70.0 Å². The van der Waals surface area contributed by atoms with Gasteiger partial charge in [0.1, 0.15) is 5.56 Å². The van der Waals surface area contributed by atoms with Gasteiger partial charge in [0.25, 0.3) is 11.5 Å². The minimum absolute atomic E-state index is 0.151. The summed E-state index contributed by atoms with van der Waals surface area (Å²) in [5, 5.41) is 0.830. The van der Waals surface area contributed by atoms with Crippen molar-refractivity contribution < 1.29 is 14.3 Å². The molecule has 158 valence electrons. The Bertz CT molecular complexity index is 1070. The normalized spacial score (nSPS) is 10.8. The second kappa shape index (κ2) is 9.96. The lowest BCUT2D eigenvalue weighted by molar-refractivity contribution is 0.0741. The number of hydrogen-bond acceptors (Lipinski definition) is 4. The molecule has 1 heterocycles. The fraction of sp³-hybridized carbons (Fsp3) is 0.333. The molecule has 0 radical (unpaired) electrons. The number of rotatable bonds is 9. The molecular formula is C24H28N2O4. The number of amides is 1. The zero-order valence-corrected chi connectivity index (χ0v) is 17.7. The highest BCUT2D eigenvalue weighted by atomic mass is 16.5. The van der Waals surface area contributed by atoms with Crippen molar-refractivity contribution in [3.8, 4) is 11.5 Å². The number of carbonyl (C=O) groups excluding carboxylic acids is 1. The van der Waals surface area contributed by atoms with Crippen molar-refractivity contribution in [2.24, 2.45) is 0 Å². The van der Waals surface area contributed by atoms with E-state index < -0.39 is 0 Å². The highest BCUT2D eigenvalue weighted by molar-refractivity contribution is 5.97. The number of H-pyrrole nitrogens is 1. The molecule has 3 rings (SSSR count). The maximum absolute atomic E-state index is 13.2. The number of nitrogens with zero attached hydrogens (tertiary/aromatic N) is 1. The molecule has 2 aromatic carbocycles. The second-order valence-corrected chi connectivity index (χ2v) is 6.97. The Morgan fingerprint density at radius 2 is 1.70 bits per heavy atom. The molecule has 6 nitrogen and oxygen atoms in total. The van der Waals surface area contributed by atoms with Crippen molar-refractivity contribution in [1.29, 1.82) is 0 Å². The Hall–Kier alpha value is -3.28. The van der Waals surface area contributed by atoms with Crippen molar-refractivity contribution in [2.75, 3.05) is 19.8 Å². The van der Waals surface area contributed by atoms with Gasteiger partial charge in [-0.3, -0.25) is 9.59 Å². The van der Waals surface area contributed by atoms with E-state index in [2.05, 4.69) is 4.98 Å². The van der Waals surface area contributed by atoms with Crippen LogP contribution in [0, 0.1) is 0 Å². The van der Waals surface area contributed by atoms with Crippen LogP contribution in [0.4, 0.5) is 0 Å². The number of nitrogens with one attached hydrogen (secondary N) is 1. The maximum atomic E-state index is 13.2. The standard InChI is InChI=1S/C24H28N2O4/c1-4-13-26(16-17-11-12-21(29-5-2)22(14-17)30-6-3)24(28)19-15-18-9-7-8-10-20(18)25-23(19)27/h7-12,14-15H,4-6,13,16H2,1-3H3,(H,25,27). The zero-order chi connectivity index (χ0) is 21.5. The van der Waals surface area contributed by atoms with Crippen molar-refractivity contribution in [2.45, 2.75) is 33.7 Å². The lowest BCUT2D eigenvalue weighted by atomic mass is 10.1. The zero-order valence-electron chi connectivity index (χ0n) is 17.7. The van der Waals surface area contributed by atoms with Crippen molar-refractivity contribution >= 4 is 16.8 Å². The van der Waals surface area contributed by atoms with Crippen LogP contribution in [0.15, 0.2) is 53.3 Å². The third-order valence-corrected chi connectivity index (χ3v) is 4.75. The molecule has 0 saturated carbocycles. The summed E-state index contributed by atoms with van der Waals surface area (Å²) in [6.07, 6.45) is 0.784. The van der Waals surface area contributed by atoms with Gasteiger partial charge in [0.15, 0.2) is 11.5 Å². The number of ether oxygens (including phenoxy) is 2. The molecule has 3 aromatic rings. The number of para-hydroxylation sites is 1. The number of hydrogen-bond donors (Lipinski definition) is 1. The van der Waals surface area contributed by atoms with Crippen LogP contribution >= 0.6 is 0 Å². The molecule has 0 bridgehead atoms. The Kier molecular flexibility index (Phi) is 7.12. The quantitative estimate of drug-likeness (QED) is 0.570. The number of benzene rings is 2. The summed E-state index contributed by atoms with van der Waals surface area (Å²) in [7, 11) is 0. The van der Waals surface area contributed by atoms with Crippen LogP contribution in [0.3, 0.4) is 0 Å². The van der Waals surface area contributed by atoms with E-state index in [0.717, 1.165) is 17.4 Å². The van der Waals surface area contributed by atoms with Crippen LogP contribution in [-0.4, -0.2) is 35.5 Å². The van der Waals surface area contributed by atoms with E-state index in [0.29, 0.717) is 43.3 Å². The third-order valence-electron chi connectivity index (χ3n) is 4.75. The van der Waals surface area contributed by atoms with Gasteiger partial charge in [-0.2, -0.15) is 0 Å². The van der Waals surface area contributed by atoms with Crippen molar-refractivity contribution in [1.82, 2.24) is 9.88 Å². The molecule has 6 heteroatoms. The molecule has 0 aliphatic heterocycles. The minimum atomic E-state index is -0.374. The molecule has 0 aliphatic carbocycles. The second-order valence-electron chi connectivity index (χ2n) is 6.97. The molecule has 0 saturated heterocycles. The minimum Gasteiger partial charge on any atom is -0.490 e. The number of aromatic nitrogens is 1. The van der Waals surface area contributed by atoms with Gasteiger partial charge in [-0.1, -0.05) is 31.2 Å². The van der Waals surface area contributed by atoms with E-state index in [9.17, 15) is 9.59 Å². The number of aromatic amines is 1. The van der Waals surface area contributed by atoms with Gasteiger partial charge in [0.2, 0.25) is 0 Å². The molecule has 0 spiro atoms. The molecule has 0 aliphatic rings. The Morgan fingerprint density at radius 1 is 0.967 bits per heavy atom. The fourth-order valence-corrected chi connectivity index (χ4v) is 3.41. The monoisotopic (exact) mass is 408 g/mol. The molecule has 30 heavy (non-hydrogen) atoms. The summed E-state index contributed by atoms with van der Waals surface area (Å²) in [5.41, 5.74) is 1.41. The molecule has 1 aromatic heterocycles. The predicted molar refractivity (Wildman–Crippen MR) is 118 cm³/mol. The van der Waals surface area contributed by atoms with Crippen LogP contribution in [0.2, 0.25) is 0 Å². The smallest absolute Gasteiger partial charge is 0.261 e. The topological polar surface area (TPSA) is 71.6 Å². The summed E-state index contributed by atoms with van der Waals surface area (Å²) >= 11 is 0. The molecule has 0 fully saturated rings. The number of carbonyl (C=O) groups is 1. The Balaban J connectivity index is 1.91. The molecule has 0 unspecified atom stereocenters. The fourth-order valence-electron chi connectivity index (χ4n) is 3.41. The molecular weight excluding hydrogens is 380 g/mol. The Labute approximate surface area is 176 Å². The van der Waals surface area contributed by atoms with Gasteiger partial charge in [-0.05, 0) is 55.5 Å². The lowest BCUT2D eigenvalue weighted by Gasteiger charge is -2.23. The summed E-state index contributed by atoms with van der Waals surface area (Å²) in [4.78, 5) is 30.3. The van der Waals surface area contributed by atoms with E-state index in [1.54, 1.807) is 11.0 Å². The van der Waals surface area contributed by atoms with Gasteiger partial charge in [0, 0.05) is 18.6 Å². The van der Waals surface area contributed by atoms with Gasteiger partial charge in [0.05, 0.1) is 13.2 Å². The SMILES string of the molecule is CCCN(Cc1ccc(OCC)c(OCC)c1)C(=O)c1cc2ccccc2[nH]c1=O. The first kappa shape index (κ1) is 21.4. The van der Waals surface area contributed by atoms with Gasteiger partial charge in [-0.15, -0.1) is 0 Å². The van der Waals surface area contributed by atoms with E-state index in [1.165, 1.54) is 0 Å². The van der Waals surface area contributed by atoms with Gasteiger partial charge in [-0.25, -0.2) is 0 Å². The van der Waals surface area contributed by atoms with Crippen LogP contribution in [0.25, 0.3) is 10.9 Å². The average molecular weight is 408 g/mol. The summed E-state index contributed by atoms with van der Waals surface area (Å²) in [5.74, 6) is 1.06. The highest BCUT2D eigenvalue weighted by Crippen LogP contribution is 2.29. The van der Waals surface area contributed by atoms with Gasteiger partial charge >= 0.3 is 0 Å². The number of pyridine rings is 1. The summed E-state index contributed by atoms with van der Waals surface area (Å²) < 4.78 is 11.3. The van der Waals surface area contributed by atoms with Crippen LogP contribution in [-0.2, 0) is 6.54 Å². The van der Waals surface area contributed by atoms with Crippen molar-refractivity contribution in [3.63, 3.8) is 0 Å². The van der Waals surface area contributed by atoms with Crippen LogP contribution in [0.1, 0.15) is 43.1 Å². The molecule has 1 amide bonds. The maximum Gasteiger partial charge on any atom is 0.261 e. The first-order valence-electron chi connectivity index (χ1n) is 10.4. The predicted octanol–water partition coefficient (Wildman–Crippen LogP) is 4.38. The largest absolute Gasteiger partial charge is 0.490 e. The average Bonchev–Trinajstić information content (AvgIpc) is 2.74. The van der Waals surface area contributed by atoms with E-state index in [1.807, 2.05) is 63.2 Å².